The summed E-state index contributed by atoms with van der Waals surface area (Å²) in [5, 5.41) is 17.0. The second kappa shape index (κ2) is 4.58. The molecule has 0 fully saturated rings. The molecule has 1 aliphatic heterocycles. The van der Waals surface area contributed by atoms with Crippen molar-refractivity contribution in [2.45, 2.75) is 6.04 Å². The Hall–Kier alpha value is -3.35. The van der Waals surface area contributed by atoms with E-state index in [-0.39, 0.29) is 5.75 Å². The second-order valence-corrected chi connectivity index (χ2v) is 5.62. The Balaban J connectivity index is 1.84. The maximum atomic E-state index is 14.5. The summed E-state index contributed by atoms with van der Waals surface area (Å²) in [6, 6.07) is 7.35. The number of benzene rings is 1. The Morgan fingerprint density at radius 3 is 3.00 bits per heavy atom. The van der Waals surface area contributed by atoms with Crippen molar-refractivity contribution in [3.05, 3.63) is 66.1 Å². The molecule has 0 radical (unpaired) electrons. The van der Waals surface area contributed by atoms with Crippen LogP contribution in [0.1, 0.15) is 17.2 Å². The van der Waals surface area contributed by atoms with E-state index in [2.05, 4.69) is 15.4 Å². The molecule has 2 N–H and O–H groups in total. The number of nitrogens with zero attached hydrogens (tertiary/aromatic N) is 3. The molecule has 0 saturated carbocycles. The first-order chi connectivity index (χ1) is 11.7. The molecule has 1 aromatic carbocycles. The van der Waals surface area contributed by atoms with Crippen molar-refractivity contribution in [1.82, 2.24) is 14.6 Å². The van der Waals surface area contributed by atoms with Gasteiger partial charge in [0, 0.05) is 29.5 Å². The Morgan fingerprint density at radius 2 is 2.12 bits per heavy atom. The lowest BCUT2D eigenvalue weighted by Crippen LogP contribution is -2.12. The number of nitrogens with one attached hydrogen (secondary N) is 1. The monoisotopic (exact) mass is 322 g/mol. The van der Waals surface area contributed by atoms with E-state index in [9.17, 15) is 9.50 Å². The van der Waals surface area contributed by atoms with Crippen LogP contribution in [0.2, 0.25) is 0 Å². The molecule has 1 unspecified atom stereocenters. The predicted molar refractivity (Wildman–Crippen MR) is 84.2 cm³/mol. The first-order valence-corrected chi connectivity index (χ1v) is 7.37. The van der Waals surface area contributed by atoms with Crippen molar-refractivity contribution in [1.29, 1.82) is 0 Å². The maximum absolute atomic E-state index is 14.5. The molecule has 3 aromatic heterocycles. The lowest BCUT2D eigenvalue weighted by atomic mass is 9.99. The van der Waals surface area contributed by atoms with Crippen LogP contribution in [-0.4, -0.2) is 19.7 Å². The smallest absolute Gasteiger partial charge is 0.177 e. The van der Waals surface area contributed by atoms with Crippen LogP contribution in [0.15, 0.2) is 53.5 Å². The first-order valence-electron chi connectivity index (χ1n) is 7.37. The van der Waals surface area contributed by atoms with Gasteiger partial charge >= 0.3 is 0 Å². The summed E-state index contributed by atoms with van der Waals surface area (Å²) in [6.45, 7) is 0. The summed E-state index contributed by atoms with van der Waals surface area (Å²) in [5.41, 5.74) is 3.39. The fourth-order valence-corrected chi connectivity index (χ4v) is 3.21. The van der Waals surface area contributed by atoms with Gasteiger partial charge in [-0.25, -0.2) is 13.9 Å². The third-order valence-electron chi connectivity index (χ3n) is 4.27. The molecule has 7 heteroatoms. The van der Waals surface area contributed by atoms with E-state index in [1.54, 1.807) is 29.1 Å². The molecule has 4 aromatic rings. The minimum Gasteiger partial charge on any atom is -0.508 e. The number of halogens is 1. The number of anilines is 1. The molecular weight excluding hydrogens is 311 g/mol. The number of hydrogen-bond acceptors (Lipinski definition) is 5. The Kier molecular flexibility index (Phi) is 2.50. The molecular formula is C17H11FN4O2. The van der Waals surface area contributed by atoms with E-state index < -0.39 is 11.9 Å². The minimum absolute atomic E-state index is 0.111. The van der Waals surface area contributed by atoms with Crippen LogP contribution in [0.4, 0.5) is 10.1 Å². The molecule has 118 valence electrons. The highest BCUT2D eigenvalue weighted by molar-refractivity contribution is 5.87. The third kappa shape index (κ3) is 1.69. The topological polar surface area (TPSA) is 75.6 Å². The number of phenols is 1. The van der Waals surface area contributed by atoms with Gasteiger partial charge in [-0.3, -0.25) is 0 Å². The molecule has 1 aliphatic rings. The molecule has 0 spiro atoms. The summed E-state index contributed by atoms with van der Waals surface area (Å²) >= 11 is 0. The van der Waals surface area contributed by atoms with E-state index in [0.29, 0.717) is 17.0 Å². The number of aromatic nitrogens is 3. The van der Waals surface area contributed by atoms with E-state index in [1.807, 2.05) is 6.07 Å². The van der Waals surface area contributed by atoms with Crippen molar-refractivity contribution < 1.29 is 13.9 Å². The van der Waals surface area contributed by atoms with Gasteiger partial charge in [-0.1, -0.05) is 6.07 Å². The molecule has 0 amide bonds. The van der Waals surface area contributed by atoms with Crippen molar-refractivity contribution >= 4 is 11.2 Å². The highest BCUT2D eigenvalue weighted by atomic mass is 19.1. The van der Waals surface area contributed by atoms with Crippen LogP contribution >= 0.6 is 0 Å². The zero-order chi connectivity index (χ0) is 16.3. The van der Waals surface area contributed by atoms with E-state index in [4.69, 9.17) is 4.42 Å². The standard InChI is InChI=1S/C17H11FN4O2/c18-12-7-9(23)1-2-10(12)14-11-3-5-22-16(11)15(19-8-20-22)17-13(21-14)4-6-24-17/h1-8,14,21,23H. The molecule has 24 heavy (non-hydrogen) atoms. The highest BCUT2D eigenvalue weighted by Crippen LogP contribution is 2.42. The van der Waals surface area contributed by atoms with Gasteiger partial charge in [-0.05, 0) is 12.1 Å². The third-order valence-corrected chi connectivity index (χ3v) is 4.27. The van der Waals surface area contributed by atoms with Crippen molar-refractivity contribution in [2.24, 2.45) is 0 Å². The van der Waals surface area contributed by atoms with E-state index in [0.717, 1.165) is 22.8 Å². The van der Waals surface area contributed by atoms with Crippen LogP contribution in [0, 0.1) is 5.82 Å². The lowest BCUT2D eigenvalue weighted by Gasteiger charge is -2.18. The molecule has 1 atom stereocenters. The highest BCUT2D eigenvalue weighted by Gasteiger charge is 2.29. The normalized spacial score (nSPS) is 15.8. The number of hydrogen-bond donors (Lipinski definition) is 2. The van der Waals surface area contributed by atoms with Crippen molar-refractivity contribution in [3.63, 3.8) is 0 Å². The quantitative estimate of drug-likeness (QED) is 0.562. The van der Waals surface area contributed by atoms with Gasteiger partial charge in [0.2, 0.25) is 0 Å². The van der Waals surface area contributed by atoms with Gasteiger partial charge in [0.25, 0.3) is 0 Å². The molecule has 6 nitrogen and oxygen atoms in total. The van der Waals surface area contributed by atoms with Crippen LogP contribution in [0.3, 0.4) is 0 Å². The Bertz CT molecular complexity index is 1090. The summed E-state index contributed by atoms with van der Waals surface area (Å²) in [6.07, 6.45) is 4.82. The van der Waals surface area contributed by atoms with Crippen LogP contribution in [0.5, 0.6) is 5.75 Å². The average Bonchev–Trinajstić information content (AvgIpc) is 3.17. The summed E-state index contributed by atoms with van der Waals surface area (Å²) in [7, 11) is 0. The minimum atomic E-state index is -0.489. The van der Waals surface area contributed by atoms with Gasteiger partial charge in [-0.15, -0.1) is 0 Å². The van der Waals surface area contributed by atoms with E-state index in [1.165, 1.54) is 12.4 Å². The number of fused-ring (bicyclic) bond motifs is 2. The fourth-order valence-electron chi connectivity index (χ4n) is 3.21. The summed E-state index contributed by atoms with van der Waals surface area (Å²) in [5.74, 6) is -0.0131. The molecule has 0 aliphatic carbocycles. The largest absolute Gasteiger partial charge is 0.508 e. The zero-order valence-corrected chi connectivity index (χ0v) is 12.3. The van der Waals surface area contributed by atoms with Crippen LogP contribution in [0.25, 0.3) is 17.0 Å². The fraction of sp³-hybridized carbons (Fsp3) is 0.0588. The molecule has 4 heterocycles. The molecule has 0 bridgehead atoms. The van der Waals surface area contributed by atoms with Crippen molar-refractivity contribution in [3.8, 4) is 17.2 Å². The zero-order valence-electron chi connectivity index (χ0n) is 12.3. The Labute approximate surface area is 135 Å². The van der Waals surface area contributed by atoms with Gasteiger partial charge in [0.15, 0.2) is 5.76 Å². The number of rotatable bonds is 1. The van der Waals surface area contributed by atoms with Gasteiger partial charge in [0.1, 0.15) is 23.6 Å². The van der Waals surface area contributed by atoms with Crippen LogP contribution in [-0.2, 0) is 0 Å². The molecule has 0 saturated heterocycles. The summed E-state index contributed by atoms with van der Waals surface area (Å²) < 4.78 is 21.8. The van der Waals surface area contributed by atoms with Gasteiger partial charge < -0.3 is 14.8 Å². The maximum Gasteiger partial charge on any atom is 0.177 e. The summed E-state index contributed by atoms with van der Waals surface area (Å²) in [4.78, 5) is 4.35. The molecule has 5 rings (SSSR count). The second-order valence-electron chi connectivity index (χ2n) is 5.62. The lowest BCUT2D eigenvalue weighted by molar-refractivity contribution is 0.467. The number of furan rings is 1. The van der Waals surface area contributed by atoms with Gasteiger partial charge in [-0.2, -0.15) is 5.10 Å². The first kappa shape index (κ1) is 13.1. The van der Waals surface area contributed by atoms with E-state index >= 15 is 0 Å². The Morgan fingerprint density at radius 1 is 1.21 bits per heavy atom. The predicted octanol–water partition coefficient (Wildman–Crippen LogP) is 3.35. The van der Waals surface area contributed by atoms with Gasteiger partial charge in [0.05, 0.1) is 23.5 Å². The SMILES string of the molecule is Oc1ccc(C2Nc3ccoc3-c3ncnn4ccc2c34)c(F)c1. The average molecular weight is 322 g/mol. The van der Waals surface area contributed by atoms with Crippen LogP contribution < -0.4 is 5.32 Å². The number of aromatic hydroxyl groups is 1. The number of phenolic OH excluding ortho intramolecular Hbond substituents is 1. The van der Waals surface area contributed by atoms with Crippen molar-refractivity contribution in [2.75, 3.05) is 5.32 Å².